The average molecular weight is 426 g/mol. The molecule has 30 heavy (non-hydrogen) atoms. The maximum Gasteiger partial charge on any atom is 0.405 e. The molecule has 0 aliphatic carbocycles. The lowest BCUT2D eigenvalue weighted by Gasteiger charge is -2.24. The Morgan fingerprint density at radius 1 is 1.27 bits per heavy atom. The molecule has 1 aliphatic rings. The van der Waals surface area contributed by atoms with E-state index in [-0.39, 0.29) is 11.6 Å². The summed E-state index contributed by atoms with van der Waals surface area (Å²) in [5, 5.41) is 2.38. The highest BCUT2D eigenvalue weighted by Gasteiger charge is 2.49. The molecule has 7 nitrogen and oxygen atoms in total. The van der Waals surface area contributed by atoms with E-state index in [0.717, 1.165) is 4.90 Å². The molecule has 158 valence electrons. The summed E-state index contributed by atoms with van der Waals surface area (Å²) in [7, 11) is 0. The summed E-state index contributed by atoms with van der Waals surface area (Å²) in [6, 6.07) is 3.34. The lowest BCUT2D eigenvalue weighted by Crippen LogP contribution is -2.46. The van der Waals surface area contributed by atoms with E-state index in [9.17, 15) is 26.7 Å². The lowest BCUT2D eigenvalue weighted by atomic mass is 10.1. The van der Waals surface area contributed by atoms with Crippen molar-refractivity contribution in [3.63, 3.8) is 0 Å². The summed E-state index contributed by atoms with van der Waals surface area (Å²) in [4.78, 5) is 28.8. The molecule has 0 radical (unpaired) electrons. The van der Waals surface area contributed by atoms with Crippen molar-refractivity contribution in [2.75, 3.05) is 18.0 Å². The van der Waals surface area contributed by atoms with Gasteiger partial charge in [0.25, 0.3) is 5.92 Å². The standard InChI is InChI=1S/C18H15F5N6O/c19-17(20)6-12(16(30)27-8-18(21,22)23)29(9-17)13-3-5-25-15(28-13)11-7-26-14-10(11)2-1-4-24-14/h1-5,7,12H,6,8-9H2,(H,24,26)(H,27,30)/t12-/m1/s1. The summed E-state index contributed by atoms with van der Waals surface area (Å²) in [6.45, 7) is -2.44. The first kappa shape index (κ1) is 20.0. The van der Waals surface area contributed by atoms with Gasteiger partial charge in [0.2, 0.25) is 5.91 Å². The van der Waals surface area contributed by atoms with E-state index in [2.05, 4.69) is 19.9 Å². The molecular weight excluding hydrogens is 411 g/mol. The van der Waals surface area contributed by atoms with E-state index < -0.39 is 43.6 Å². The van der Waals surface area contributed by atoms with Crippen molar-refractivity contribution in [2.24, 2.45) is 0 Å². The Morgan fingerprint density at radius 3 is 2.83 bits per heavy atom. The van der Waals surface area contributed by atoms with Crippen molar-refractivity contribution in [1.82, 2.24) is 25.3 Å². The molecule has 12 heteroatoms. The predicted molar refractivity (Wildman–Crippen MR) is 96.9 cm³/mol. The third kappa shape index (κ3) is 4.02. The van der Waals surface area contributed by atoms with Gasteiger partial charge in [-0.3, -0.25) is 4.79 Å². The first-order chi connectivity index (χ1) is 14.1. The summed E-state index contributed by atoms with van der Waals surface area (Å²) < 4.78 is 65.3. The van der Waals surface area contributed by atoms with E-state index in [1.165, 1.54) is 12.3 Å². The minimum absolute atomic E-state index is 0.0163. The van der Waals surface area contributed by atoms with Crippen LogP contribution in [0.5, 0.6) is 0 Å². The molecule has 4 heterocycles. The molecule has 0 spiro atoms. The Labute approximate surface area is 166 Å². The normalized spacial score (nSPS) is 18.7. The Kier molecular flexibility index (Phi) is 4.79. The smallest absolute Gasteiger partial charge is 0.345 e. The zero-order valence-electron chi connectivity index (χ0n) is 15.2. The molecule has 1 saturated heterocycles. The van der Waals surface area contributed by atoms with Crippen LogP contribution >= 0.6 is 0 Å². The Morgan fingerprint density at radius 2 is 2.07 bits per heavy atom. The largest absolute Gasteiger partial charge is 0.405 e. The van der Waals surface area contributed by atoms with Gasteiger partial charge in [-0.05, 0) is 18.2 Å². The van der Waals surface area contributed by atoms with E-state index in [4.69, 9.17) is 0 Å². The molecule has 3 aromatic heterocycles. The number of H-pyrrole nitrogens is 1. The Hall–Kier alpha value is -3.31. The summed E-state index contributed by atoms with van der Waals surface area (Å²) in [5.41, 5.74) is 1.16. The second-order valence-electron chi connectivity index (χ2n) is 6.88. The van der Waals surface area contributed by atoms with Crippen molar-refractivity contribution in [3.8, 4) is 11.4 Å². The van der Waals surface area contributed by atoms with Crippen LogP contribution in [-0.4, -0.2) is 57.1 Å². The highest BCUT2D eigenvalue weighted by molar-refractivity contribution is 5.91. The SMILES string of the molecule is O=C(NCC(F)(F)F)[C@H]1CC(F)(F)CN1c1ccnc(-c2c[nH]c3ncccc23)n1. The Balaban J connectivity index is 1.65. The third-order valence-electron chi connectivity index (χ3n) is 4.66. The number of alkyl halides is 5. The highest BCUT2D eigenvalue weighted by atomic mass is 19.4. The van der Waals surface area contributed by atoms with Crippen molar-refractivity contribution in [3.05, 3.63) is 36.8 Å². The quantitative estimate of drug-likeness (QED) is 0.627. The van der Waals surface area contributed by atoms with E-state index >= 15 is 0 Å². The van der Waals surface area contributed by atoms with Crippen molar-refractivity contribution in [2.45, 2.75) is 24.6 Å². The number of nitrogens with one attached hydrogen (secondary N) is 2. The number of aromatic nitrogens is 4. The number of rotatable bonds is 4. The molecule has 0 aromatic carbocycles. The van der Waals surface area contributed by atoms with E-state index in [1.807, 2.05) is 0 Å². The maximum absolute atomic E-state index is 14.0. The number of nitrogens with zero attached hydrogens (tertiary/aromatic N) is 4. The number of halogens is 5. The number of hydrogen-bond donors (Lipinski definition) is 2. The van der Waals surface area contributed by atoms with Crippen LogP contribution < -0.4 is 10.2 Å². The molecule has 0 unspecified atom stereocenters. The van der Waals surface area contributed by atoms with Gasteiger partial charge < -0.3 is 15.2 Å². The molecule has 0 bridgehead atoms. The van der Waals surface area contributed by atoms with Crippen molar-refractivity contribution in [1.29, 1.82) is 0 Å². The molecule has 1 fully saturated rings. The number of aromatic amines is 1. The van der Waals surface area contributed by atoms with Crippen LogP contribution in [0, 0.1) is 0 Å². The number of carbonyl (C=O) groups excluding carboxylic acids is 1. The molecule has 4 rings (SSSR count). The monoisotopic (exact) mass is 426 g/mol. The highest BCUT2D eigenvalue weighted by Crippen LogP contribution is 2.36. The van der Waals surface area contributed by atoms with Crippen LogP contribution in [0.15, 0.2) is 36.8 Å². The first-order valence-electron chi connectivity index (χ1n) is 8.87. The van der Waals surface area contributed by atoms with E-state index in [0.29, 0.717) is 16.6 Å². The van der Waals surface area contributed by atoms with Gasteiger partial charge in [-0.15, -0.1) is 0 Å². The number of carbonyl (C=O) groups is 1. The van der Waals surface area contributed by atoms with Crippen molar-refractivity contribution >= 4 is 22.8 Å². The molecular formula is C18H15F5N6O. The van der Waals surface area contributed by atoms with Gasteiger partial charge in [0.05, 0.1) is 6.54 Å². The number of anilines is 1. The maximum atomic E-state index is 14.0. The van der Waals surface area contributed by atoms with Crippen LogP contribution in [-0.2, 0) is 4.79 Å². The Bertz CT molecular complexity index is 1080. The number of hydrogen-bond acceptors (Lipinski definition) is 5. The number of amides is 1. The first-order valence-corrected chi connectivity index (χ1v) is 8.87. The van der Waals surface area contributed by atoms with Gasteiger partial charge >= 0.3 is 6.18 Å². The molecule has 2 N–H and O–H groups in total. The van der Waals surface area contributed by atoms with Gasteiger partial charge in [-0.1, -0.05) is 0 Å². The third-order valence-corrected chi connectivity index (χ3v) is 4.66. The lowest BCUT2D eigenvalue weighted by molar-refractivity contribution is -0.139. The molecule has 0 saturated carbocycles. The van der Waals surface area contributed by atoms with E-state index in [1.54, 1.807) is 29.8 Å². The second kappa shape index (κ2) is 7.18. The van der Waals surface area contributed by atoms with Crippen molar-refractivity contribution < 1.29 is 26.7 Å². The zero-order valence-corrected chi connectivity index (χ0v) is 15.2. The van der Waals surface area contributed by atoms with Gasteiger partial charge in [0.15, 0.2) is 5.82 Å². The number of fused-ring (bicyclic) bond motifs is 1. The topological polar surface area (TPSA) is 86.8 Å². The molecule has 1 atom stereocenters. The van der Waals surface area contributed by atoms with Crippen LogP contribution in [0.3, 0.4) is 0 Å². The predicted octanol–water partition coefficient (Wildman–Crippen LogP) is 2.91. The van der Waals surface area contributed by atoms with Crippen LogP contribution in [0.4, 0.5) is 27.8 Å². The van der Waals surface area contributed by atoms with Gasteiger partial charge in [-0.25, -0.2) is 23.7 Å². The minimum atomic E-state index is -4.65. The molecule has 3 aromatic rings. The molecule has 1 aliphatic heterocycles. The summed E-state index contributed by atoms with van der Waals surface area (Å²) in [6.07, 6.45) is -1.01. The summed E-state index contributed by atoms with van der Waals surface area (Å²) in [5.74, 6) is -4.17. The number of pyridine rings is 1. The van der Waals surface area contributed by atoms with Crippen LogP contribution in [0.2, 0.25) is 0 Å². The van der Waals surface area contributed by atoms with Gasteiger partial charge in [0.1, 0.15) is 24.1 Å². The fourth-order valence-electron chi connectivity index (χ4n) is 3.38. The van der Waals surface area contributed by atoms with Gasteiger partial charge in [0, 0.05) is 36.0 Å². The minimum Gasteiger partial charge on any atom is -0.345 e. The van der Waals surface area contributed by atoms with Crippen LogP contribution in [0.1, 0.15) is 6.42 Å². The zero-order chi connectivity index (χ0) is 21.5. The average Bonchev–Trinajstić information content (AvgIpc) is 3.26. The van der Waals surface area contributed by atoms with Crippen LogP contribution in [0.25, 0.3) is 22.4 Å². The second-order valence-corrected chi connectivity index (χ2v) is 6.88. The molecule has 1 amide bonds. The summed E-state index contributed by atoms with van der Waals surface area (Å²) >= 11 is 0. The van der Waals surface area contributed by atoms with Gasteiger partial charge in [-0.2, -0.15) is 13.2 Å². The fourth-order valence-corrected chi connectivity index (χ4v) is 3.38. The fraction of sp³-hybridized carbons (Fsp3) is 0.333.